The summed E-state index contributed by atoms with van der Waals surface area (Å²) in [5.74, 6) is 1.95. The Balaban J connectivity index is 1.93. The molecule has 1 aromatic carbocycles. The number of nitrogens with zero attached hydrogens (tertiary/aromatic N) is 3. The summed E-state index contributed by atoms with van der Waals surface area (Å²) in [5.41, 5.74) is 4.12. The number of pyridine rings is 1. The van der Waals surface area contributed by atoms with Crippen LogP contribution in [0.1, 0.15) is 30.4 Å². The Labute approximate surface area is 139 Å². The van der Waals surface area contributed by atoms with Crippen molar-refractivity contribution in [2.24, 2.45) is 0 Å². The van der Waals surface area contributed by atoms with Crippen LogP contribution in [0.5, 0.6) is 0 Å². The molecular formula is C17H18ClN3S. The maximum absolute atomic E-state index is 6.40. The summed E-state index contributed by atoms with van der Waals surface area (Å²) >= 11 is 8.28. The van der Waals surface area contributed by atoms with Crippen LogP contribution in [0.2, 0.25) is 0 Å². The van der Waals surface area contributed by atoms with Gasteiger partial charge in [0, 0.05) is 29.3 Å². The van der Waals surface area contributed by atoms with Crippen LogP contribution >= 0.6 is 23.5 Å². The summed E-state index contributed by atoms with van der Waals surface area (Å²) in [6, 6.07) is 9.99. The lowest BCUT2D eigenvalue weighted by atomic mass is 10.1. The van der Waals surface area contributed by atoms with Crippen molar-refractivity contribution >= 4 is 34.6 Å². The van der Waals surface area contributed by atoms with Crippen molar-refractivity contribution in [1.82, 2.24) is 14.1 Å². The predicted octanol–water partition coefficient (Wildman–Crippen LogP) is 4.83. The first-order chi connectivity index (χ1) is 10.7. The highest BCUT2D eigenvalue weighted by Gasteiger charge is 2.13. The zero-order valence-corrected chi connectivity index (χ0v) is 14.3. The van der Waals surface area contributed by atoms with Crippen molar-refractivity contribution in [1.29, 1.82) is 0 Å². The van der Waals surface area contributed by atoms with Gasteiger partial charge >= 0.3 is 0 Å². The molecule has 3 rings (SSSR count). The standard InChI is InChI=1S/C17H18ClN3S/c1-3-10-22-16-8-9-19-14(12(16)2)11-17-20-13-6-4-5-7-15(13)21(17)18/h4-9H,3,10-11H2,1-2H3. The average molecular weight is 332 g/mol. The number of benzene rings is 1. The van der Waals surface area contributed by atoms with Gasteiger partial charge in [0.15, 0.2) is 0 Å². The number of hydrogen-bond acceptors (Lipinski definition) is 3. The number of halogens is 1. The molecule has 0 saturated heterocycles. The zero-order valence-electron chi connectivity index (χ0n) is 12.7. The quantitative estimate of drug-likeness (QED) is 0.627. The van der Waals surface area contributed by atoms with Crippen LogP contribution in [-0.2, 0) is 6.42 Å². The van der Waals surface area contributed by atoms with Gasteiger partial charge in [-0.1, -0.05) is 19.1 Å². The maximum atomic E-state index is 6.40. The Morgan fingerprint density at radius 3 is 2.82 bits per heavy atom. The molecule has 0 bridgehead atoms. The van der Waals surface area contributed by atoms with E-state index in [0.29, 0.717) is 6.42 Å². The van der Waals surface area contributed by atoms with Gasteiger partial charge in [-0.3, -0.25) is 4.98 Å². The van der Waals surface area contributed by atoms with Gasteiger partial charge in [-0.2, -0.15) is 0 Å². The molecule has 0 aliphatic rings. The van der Waals surface area contributed by atoms with Crippen LogP contribution in [0.15, 0.2) is 41.4 Å². The number of thioether (sulfide) groups is 1. The number of rotatable bonds is 5. The summed E-state index contributed by atoms with van der Waals surface area (Å²) in [7, 11) is 0. The van der Waals surface area contributed by atoms with Crippen LogP contribution in [-0.4, -0.2) is 19.8 Å². The van der Waals surface area contributed by atoms with Gasteiger partial charge in [0.05, 0.1) is 16.7 Å². The molecular weight excluding hydrogens is 314 g/mol. The molecule has 3 nitrogen and oxygen atoms in total. The first-order valence-corrected chi connectivity index (χ1v) is 8.73. The third-order valence-corrected chi connectivity index (χ3v) is 5.36. The minimum Gasteiger partial charge on any atom is -0.260 e. The molecule has 0 amide bonds. The SMILES string of the molecule is CCCSc1ccnc(Cc2nc3ccccc3n2Cl)c1C. The lowest BCUT2D eigenvalue weighted by Gasteiger charge is -2.09. The van der Waals surface area contributed by atoms with Gasteiger partial charge in [-0.05, 0) is 42.9 Å². The molecule has 0 unspecified atom stereocenters. The summed E-state index contributed by atoms with van der Waals surface area (Å²) in [6.07, 6.45) is 3.69. The number of aromatic nitrogens is 3. The average Bonchev–Trinajstić information content (AvgIpc) is 2.85. The van der Waals surface area contributed by atoms with Gasteiger partial charge in [-0.25, -0.2) is 9.07 Å². The van der Waals surface area contributed by atoms with E-state index in [-0.39, 0.29) is 0 Å². The Kier molecular flexibility index (Phi) is 4.69. The highest BCUT2D eigenvalue weighted by Crippen LogP contribution is 2.26. The van der Waals surface area contributed by atoms with Crippen LogP contribution in [0, 0.1) is 6.92 Å². The Morgan fingerprint density at radius 2 is 2.05 bits per heavy atom. The Bertz CT molecular complexity index is 798. The molecule has 0 aliphatic carbocycles. The highest BCUT2D eigenvalue weighted by atomic mass is 35.5. The van der Waals surface area contributed by atoms with Crippen molar-refractivity contribution in [3.8, 4) is 0 Å². The zero-order chi connectivity index (χ0) is 15.5. The number of para-hydroxylation sites is 2. The van der Waals surface area contributed by atoms with Crippen LogP contribution < -0.4 is 0 Å². The lowest BCUT2D eigenvalue weighted by Crippen LogP contribution is -2.01. The smallest absolute Gasteiger partial charge is 0.130 e. The van der Waals surface area contributed by atoms with E-state index in [4.69, 9.17) is 11.8 Å². The molecule has 3 aromatic rings. The molecule has 0 fully saturated rings. The molecule has 2 aromatic heterocycles. The minimum atomic E-state index is 0.643. The topological polar surface area (TPSA) is 30.7 Å². The molecule has 0 aliphatic heterocycles. The van der Waals surface area contributed by atoms with E-state index in [9.17, 15) is 0 Å². The number of fused-ring (bicyclic) bond motifs is 1. The maximum Gasteiger partial charge on any atom is 0.130 e. The highest BCUT2D eigenvalue weighted by molar-refractivity contribution is 7.99. The third-order valence-electron chi connectivity index (χ3n) is 3.62. The van der Waals surface area contributed by atoms with Crippen LogP contribution in [0.3, 0.4) is 0 Å². The second-order valence-electron chi connectivity index (χ2n) is 5.20. The van der Waals surface area contributed by atoms with E-state index < -0.39 is 0 Å². The fraction of sp³-hybridized carbons (Fsp3) is 0.294. The van der Waals surface area contributed by atoms with E-state index in [1.54, 1.807) is 4.09 Å². The van der Waals surface area contributed by atoms with Crippen molar-refractivity contribution < 1.29 is 0 Å². The summed E-state index contributed by atoms with van der Waals surface area (Å²) < 4.78 is 1.64. The monoisotopic (exact) mass is 331 g/mol. The first kappa shape index (κ1) is 15.4. The van der Waals surface area contributed by atoms with Crippen molar-refractivity contribution in [2.75, 3.05) is 5.75 Å². The predicted molar refractivity (Wildman–Crippen MR) is 93.8 cm³/mol. The number of hydrogen-bond donors (Lipinski definition) is 0. The Hall–Kier alpha value is -1.52. The second-order valence-corrected chi connectivity index (χ2v) is 6.68. The summed E-state index contributed by atoms with van der Waals surface area (Å²) in [4.78, 5) is 10.4. The van der Waals surface area contributed by atoms with Crippen LogP contribution in [0.4, 0.5) is 0 Å². The summed E-state index contributed by atoms with van der Waals surface area (Å²) in [6.45, 7) is 4.32. The minimum absolute atomic E-state index is 0.643. The number of imidazole rings is 1. The normalized spacial score (nSPS) is 11.2. The molecule has 0 N–H and O–H groups in total. The largest absolute Gasteiger partial charge is 0.260 e. The van der Waals surface area contributed by atoms with Gasteiger partial charge in [0.25, 0.3) is 0 Å². The molecule has 2 heterocycles. The lowest BCUT2D eigenvalue weighted by molar-refractivity contribution is 0.929. The molecule has 0 spiro atoms. The Morgan fingerprint density at radius 1 is 1.23 bits per heavy atom. The van der Waals surface area contributed by atoms with E-state index in [0.717, 1.165) is 28.3 Å². The second kappa shape index (κ2) is 6.71. The van der Waals surface area contributed by atoms with Gasteiger partial charge in [-0.15, -0.1) is 11.8 Å². The molecule has 22 heavy (non-hydrogen) atoms. The van der Waals surface area contributed by atoms with Gasteiger partial charge in [0.2, 0.25) is 0 Å². The first-order valence-electron chi connectivity index (χ1n) is 7.40. The molecule has 5 heteroatoms. The van der Waals surface area contributed by atoms with Crippen molar-refractivity contribution in [3.05, 3.63) is 53.6 Å². The van der Waals surface area contributed by atoms with Crippen LogP contribution in [0.25, 0.3) is 11.0 Å². The molecule has 0 atom stereocenters. The van der Waals surface area contributed by atoms with Gasteiger partial charge < -0.3 is 0 Å². The summed E-state index contributed by atoms with van der Waals surface area (Å²) in [5, 5.41) is 0. The van der Waals surface area contributed by atoms with E-state index in [2.05, 4.69) is 29.9 Å². The fourth-order valence-corrected chi connectivity index (χ4v) is 3.57. The van der Waals surface area contributed by atoms with Crippen molar-refractivity contribution in [2.45, 2.75) is 31.6 Å². The van der Waals surface area contributed by atoms with Crippen molar-refractivity contribution in [3.63, 3.8) is 0 Å². The van der Waals surface area contributed by atoms with E-state index >= 15 is 0 Å². The molecule has 0 radical (unpaired) electrons. The van der Waals surface area contributed by atoms with Gasteiger partial charge in [0.1, 0.15) is 5.82 Å². The fourth-order valence-electron chi connectivity index (χ4n) is 2.41. The van der Waals surface area contributed by atoms with E-state index in [1.165, 1.54) is 16.9 Å². The molecule has 0 saturated carbocycles. The third kappa shape index (κ3) is 2.99. The molecule has 114 valence electrons. The van der Waals surface area contributed by atoms with E-state index in [1.807, 2.05) is 42.2 Å².